The second kappa shape index (κ2) is 6.10. The smallest absolute Gasteiger partial charge is 0.376 e. The molecule has 2 rings (SSSR count). The first-order chi connectivity index (χ1) is 9.43. The first kappa shape index (κ1) is 15.3. The van der Waals surface area contributed by atoms with Gasteiger partial charge in [-0.25, -0.2) is 4.39 Å². The molecular weight excluding hydrogens is 274 g/mol. The van der Waals surface area contributed by atoms with Crippen LogP contribution in [-0.2, 0) is 10.9 Å². The highest BCUT2D eigenvalue weighted by Gasteiger charge is 2.35. The summed E-state index contributed by atoms with van der Waals surface area (Å²) >= 11 is 0. The second-order valence-electron chi connectivity index (χ2n) is 4.91. The summed E-state index contributed by atoms with van der Waals surface area (Å²) in [4.78, 5) is 0. The summed E-state index contributed by atoms with van der Waals surface area (Å²) in [5.41, 5.74) is -0.834. The molecule has 1 heterocycles. The van der Waals surface area contributed by atoms with E-state index in [0.29, 0.717) is 12.2 Å². The van der Waals surface area contributed by atoms with Crippen LogP contribution in [-0.4, -0.2) is 19.8 Å². The Morgan fingerprint density at radius 2 is 2.05 bits per heavy atom. The SMILES string of the molecule is CNC(c1ccc(F)c(C(F)(F)F)c1)C1CCCCO1. The Labute approximate surface area is 115 Å². The Bertz CT molecular complexity index is 455. The van der Waals surface area contributed by atoms with E-state index in [4.69, 9.17) is 4.74 Å². The van der Waals surface area contributed by atoms with Gasteiger partial charge >= 0.3 is 6.18 Å². The van der Waals surface area contributed by atoms with Crippen LogP contribution in [0.15, 0.2) is 18.2 Å². The van der Waals surface area contributed by atoms with Gasteiger partial charge in [-0.1, -0.05) is 6.07 Å². The average molecular weight is 291 g/mol. The minimum atomic E-state index is -4.69. The van der Waals surface area contributed by atoms with Crippen molar-refractivity contribution in [1.82, 2.24) is 5.32 Å². The normalized spacial score (nSPS) is 21.8. The molecule has 20 heavy (non-hydrogen) atoms. The highest BCUT2D eigenvalue weighted by Crippen LogP contribution is 2.34. The molecule has 0 spiro atoms. The zero-order valence-electron chi connectivity index (χ0n) is 11.1. The number of rotatable bonds is 3. The molecule has 1 aromatic carbocycles. The molecule has 1 aliphatic heterocycles. The molecule has 1 aliphatic rings. The second-order valence-corrected chi connectivity index (χ2v) is 4.91. The van der Waals surface area contributed by atoms with Crippen molar-refractivity contribution in [3.63, 3.8) is 0 Å². The molecule has 2 atom stereocenters. The van der Waals surface area contributed by atoms with Gasteiger partial charge in [0.2, 0.25) is 0 Å². The Hall–Kier alpha value is -1.14. The van der Waals surface area contributed by atoms with Crippen LogP contribution in [0.4, 0.5) is 17.6 Å². The first-order valence-corrected chi connectivity index (χ1v) is 6.59. The summed E-state index contributed by atoms with van der Waals surface area (Å²) < 4.78 is 57.1. The third-order valence-corrected chi connectivity index (χ3v) is 3.55. The Morgan fingerprint density at radius 3 is 2.60 bits per heavy atom. The Morgan fingerprint density at radius 1 is 1.30 bits per heavy atom. The molecule has 1 fully saturated rings. The lowest BCUT2D eigenvalue weighted by molar-refractivity contribution is -0.140. The molecule has 0 bridgehead atoms. The standard InChI is InChI=1S/C14H17F4NO/c1-19-13(12-4-2-3-7-20-12)9-5-6-11(15)10(8-9)14(16,17)18/h5-6,8,12-13,19H,2-4,7H2,1H3. The average Bonchev–Trinajstić information content (AvgIpc) is 2.41. The van der Waals surface area contributed by atoms with Crippen LogP contribution in [0.2, 0.25) is 0 Å². The van der Waals surface area contributed by atoms with Crippen LogP contribution < -0.4 is 5.32 Å². The van der Waals surface area contributed by atoms with Gasteiger partial charge in [-0.05, 0) is 44.0 Å². The summed E-state index contributed by atoms with van der Waals surface area (Å²) in [7, 11) is 1.67. The van der Waals surface area contributed by atoms with Crippen molar-refractivity contribution in [2.75, 3.05) is 13.7 Å². The summed E-state index contributed by atoms with van der Waals surface area (Å²) in [6.45, 7) is 0.607. The molecule has 1 aromatic rings. The highest BCUT2D eigenvalue weighted by atomic mass is 19.4. The summed E-state index contributed by atoms with van der Waals surface area (Å²) in [5.74, 6) is -1.25. The molecule has 0 aliphatic carbocycles. The number of hydrogen-bond donors (Lipinski definition) is 1. The predicted molar refractivity (Wildman–Crippen MR) is 66.8 cm³/mol. The molecule has 1 N–H and O–H groups in total. The maximum Gasteiger partial charge on any atom is 0.419 e. The van der Waals surface area contributed by atoms with E-state index in [1.165, 1.54) is 6.07 Å². The maximum atomic E-state index is 13.3. The first-order valence-electron chi connectivity index (χ1n) is 6.59. The van der Waals surface area contributed by atoms with E-state index in [-0.39, 0.29) is 12.1 Å². The molecule has 0 radical (unpaired) electrons. The van der Waals surface area contributed by atoms with E-state index in [2.05, 4.69) is 5.32 Å². The fraction of sp³-hybridized carbons (Fsp3) is 0.571. The predicted octanol–water partition coefficient (Wildman–Crippen LogP) is 3.67. The van der Waals surface area contributed by atoms with Crippen molar-refractivity contribution in [1.29, 1.82) is 0 Å². The number of hydrogen-bond acceptors (Lipinski definition) is 2. The van der Waals surface area contributed by atoms with Crippen LogP contribution in [0.25, 0.3) is 0 Å². The van der Waals surface area contributed by atoms with E-state index in [9.17, 15) is 17.6 Å². The van der Waals surface area contributed by atoms with Crippen LogP contribution in [0, 0.1) is 5.82 Å². The Kier molecular flexibility index (Phi) is 4.65. The van der Waals surface area contributed by atoms with Crippen molar-refractivity contribution >= 4 is 0 Å². The molecule has 0 saturated carbocycles. The molecule has 0 amide bonds. The van der Waals surface area contributed by atoms with Crippen LogP contribution in [0.5, 0.6) is 0 Å². The van der Waals surface area contributed by atoms with Crippen LogP contribution >= 0.6 is 0 Å². The molecule has 1 saturated heterocycles. The van der Waals surface area contributed by atoms with Gasteiger partial charge in [-0.2, -0.15) is 13.2 Å². The summed E-state index contributed by atoms with van der Waals surface area (Å²) in [5, 5.41) is 2.97. The lowest BCUT2D eigenvalue weighted by Gasteiger charge is -2.31. The number of likely N-dealkylation sites (N-methyl/N-ethyl adjacent to an activating group) is 1. The summed E-state index contributed by atoms with van der Waals surface area (Å²) in [6.07, 6.45) is -2.14. The number of halogens is 4. The van der Waals surface area contributed by atoms with Gasteiger partial charge in [0.1, 0.15) is 5.82 Å². The van der Waals surface area contributed by atoms with Crippen molar-refractivity contribution < 1.29 is 22.3 Å². The van der Waals surface area contributed by atoms with E-state index in [1.54, 1.807) is 7.05 Å². The van der Waals surface area contributed by atoms with Gasteiger partial charge < -0.3 is 10.1 Å². The molecule has 2 nitrogen and oxygen atoms in total. The van der Waals surface area contributed by atoms with Crippen molar-refractivity contribution in [3.8, 4) is 0 Å². The van der Waals surface area contributed by atoms with E-state index >= 15 is 0 Å². The lowest BCUT2D eigenvalue weighted by Crippen LogP contribution is -2.34. The number of nitrogens with one attached hydrogen (secondary N) is 1. The minimum absolute atomic E-state index is 0.180. The highest BCUT2D eigenvalue weighted by molar-refractivity contribution is 5.30. The van der Waals surface area contributed by atoms with Crippen LogP contribution in [0.3, 0.4) is 0 Å². The molecule has 6 heteroatoms. The van der Waals surface area contributed by atoms with Crippen molar-refractivity contribution in [2.24, 2.45) is 0 Å². The lowest BCUT2D eigenvalue weighted by atomic mass is 9.94. The number of benzene rings is 1. The van der Waals surface area contributed by atoms with E-state index < -0.39 is 17.6 Å². The largest absolute Gasteiger partial charge is 0.419 e. The van der Waals surface area contributed by atoms with Gasteiger partial charge in [0.05, 0.1) is 17.7 Å². The molecule has 2 unspecified atom stereocenters. The molecule has 112 valence electrons. The van der Waals surface area contributed by atoms with Crippen molar-refractivity contribution in [2.45, 2.75) is 37.6 Å². The zero-order chi connectivity index (χ0) is 14.8. The van der Waals surface area contributed by atoms with Crippen molar-refractivity contribution in [3.05, 3.63) is 35.1 Å². The van der Waals surface area contributed by atoms with Gasteiger partial charge in [0, 0.05) is 6.61 Å². The quantitative estimate of drug-likeness (QED) is 0.858. The van der Waals surface area contributed by atoms with Gasteiger partial charge in [0.15, 0.2) is 0 Å². The maximum absolute atomic E-state index is 13.3. The van der Waals surface area contributed by atoms with E-state index in [0.717, 1.165) is 31.4 Å². The number of alkyl halides is 3. The minimum Gasteiger partial charge on any atom is -0.376 e. The molecule has 0 aromatic heterocycles. The fourth-order valence-corrected chi connectivity index (χ4v) is 2.55. The van der Waals surface area contributed by atoms with Gasteiger partial charge in [-0.3, -0.25) is 0 Å². The van der Waals surface area contributed by atoms with E-state index in [1.807, 2.05) is 0 Å². The summed E-state index contributed by atoms with van der Waals surface area (Å²) in [6, 6.07) is 2.75. The zero-order valence-corrected chi connectivity index (χ0v) is 11.1. The third-order valence-electron chi connectivity index (χ3n) is 3.55. The van der Waals surface area contributed by atoms with Gasteiger partial charge in [-0.15, -0.1) is 0 Å². The fourth-order valence-electron chi connectivity index (χ4n) is 2.55. The monoisotopic (exact) mass is 291 g/mol. The van der Waals surface area contributed by atoms with Gasteiger partial charge in [0.25, 0.3) is 0 Å². The topological polar surface area (TPSA) is 21.3 Å². The number of ether oxygens (including phenoxy) is 1. The third kappa shape index (κ3) is 3.30. The Balaban J connectivity index is 2.30. The van der Waals surface area contributed by atoms with Crippen LogP contribution in [0.1, 0.15) is 36.4 Å². The molecular formula is C14H17F4NO.